The molecule has 0 aliphatic carbocycles. The summed E-state index contributed by atoms with van der Waals surface area (Å²) < 4.78 is 0. The van der Waals surface area contributed by atoms with Gasteiger partial charge in [-0.15, -0.1) is 0 Å². The standard InChI is InChI=1S/C14H18Cl2N2O2.C4H10/c15-11-6-10(13(19)7-12(11)16)5-9-1-3-18(4-2-9)14(20)8-17;1-4(2)3/h6-7,9,19H,1-5,8,17H2;4H,1-3H3. The average Bonchev–Trinajstić information content (AvgIpc) is 2.52. The van der Waals surface area contributed by atoms with Gasteiger partial charge in [-0.05, 0) is 42.7 Å². The smallest absolute Gasteiger partial charge is 0.236 e. The second-order valence-electron chi connectivity index (χ2n) is 6.86. The second-order valence-corrected chi connectivity index (χ2v) is 7.67. The first-order valence-corrected chi connectivity index (χ1v) is 9.14. The van der Waals surface area contributed by atoms with E-state index in [1.807, 2.05) is 0 Å². The van der Waals surface area contributed by atoms with Crippen LogP contribution in [-0.4, -0.2) is 35.5 Å². The Balaban J connectivity index is 0.000000648. The Kier molecular flexibility index (Phi) is 8.88. The highest BCUT2D eigenvalue weighted by atomic mass is 35.5. The van der Waals surface area contributed by atoms with E-state index in [0.29, 0.717) is 16.0 Å². The number of nitrogens with two attached hydrogens (primary N) is 1. The van der Waals surface area contributed by atoms with E-state index in [9.17, 15) is 9.90 Å². The molecule has 1 aliphatic rings. The summed E-state index contributed by atoms with van der Waals surface area (Å²) in [6.45, 7) is 8.02. The Bertz CT molecular complexity index is 539. The minimum Gasteiger partial charge on any atom is -0.508 e. The monoisotopic (exact) mass is 374 g/mol. The quantitative estimate of drug-likeness (QED) is 0.836. The van der Waals surface area contributed by atoms with Crippen molar-refractivity contribution in [3.8, 4) is 5.75 Å². The highest BCUT2D eigenvalue weighted by Crippen LogP contribution is 2.33. The van der Waals surface area contributed by atoms with Crippen LogP contribution in [0.2, 0.25) is 10.0 Å². The lowest BCUT2D eigenvalue weighted by Gasteiger charge is -2.32. The van der Waals surface area contributed by atoms with Gasteiger partial charge in [-0.25, -0.2) is 0 Å². The van der Waals surface area contributed by atoms with Gasteiger partial charge in [0.05, 0.1) is 16.6 Å². The number of carbonyl (C=O) groups is 1. The van der Waals surface area contributed by atoms with Crippen LogP contribution in [0.1, 0.15) is 39.2 Å². The maximum atomic E-state index is 11.5. The number of likely N-dealkylation sites (tertiary alicyclic amines) is 1. The van der Waals surface area contributed by atoms with Crippen molar-refractivity contribution in [2.45, 2.75) is 40.0 Å². The predicted molar refractivity (Wildman–Crippen MR) is 101 cm³/mol. The summed E-state index contributed by atoms with van der Waals surface area (Å²) in [7, 11) is 0. The number of carbonyl (C=O) groups excluding carboxylic acids is 1. The fourth-order valence-electron chi connectivity index (χ4n) is 2.57. The van der Waals surface area contributed by atoms with Crippen LogP contribution >= 0.6 is 23.2 Å². The molecule has 0 unspecified atom stereocenters. The Hall–Kier alpha value is -0.970. The maximum absolute atomic E-state index is 11.5. The number of hydrogen-bond acceptors (Lipinski definition) is 3. The Labute approximate surface area is 154 Å². The van der Waals surface area contributed by atoms with Crippen molar-refractivity contribution in [3.05, 3.63) is 27.7 Å². The lowest BCUT2D eigenvalue weighted by atomic mass is 9.90. The highest BCUT2D eigenvalue weighted by molar-refractivity contribution is 6.42. The lowest BCUT2D eigenvalue weighted by Crippen LogP contribution is -2.41. The van der Waals surface area contributed by atoms with Gasteiger partial charge in [-0.1, -0.05) is 44.0 Å². The largest absolute Gasteiger partial charge is 0.508 e. The van der Waals surface area contributed by atoms with E-state index >= 15 is 0 Å². The first kappa shape index (κ1) is 21.1. The normalized spacial score (nSPS) is 15.2. The number of nitrogens with zero attached hydrogens (tertiary/aromatic N) is 1. The molecule has 6 heteroatoms. The molecule has 1 amide bonds. The third kappa shape index (κ3) is 6.88. The van der Waals surface area contributed by atoms with Crippen LogP contribution in [0, 0.1) is 11.8 Å². The summed E-state index contributed by atoms with van der Waals surface area (Å²) in [4.78, 5) is 13.3. The summed E-state index contributed by atoms with van der Waals surface area (Å²) in [5.74, 6) is 1.45. The molecule has 4 nitrogen and oxygen atoms in total. The van der Waals surface area contributed by atoms with Crippen molar-refractivity contribution in [2.24, 2.45) is 17.6 Å². The molecule has 2 rings (SSSR count). The van der Waals surface area contributed by atoms with Gasteiger partial charge < -0.3 is 15.7 Å². The fraction of sp³-hybridized carbons (Fsp3) is 0.611. The third-order valence-electron chi connectivity index (χ3n) is 3.77. The van der Waals surface area contributed by atoms with Crippen molar-refractivity contribution >= 4 is 29.1 Å². The fourth-order valence-corrected chi connectivity index (χ4v) is 2.91. The molecule has 0 bridgehead atoms. The first-order chi connectivity index (χ1) is 11.2. The second kappa shape index (κ2) is 10.1. The lowest BCUT2D eigenvalue weighted by molar-refractivity contribution is -0.131. The van der Waals surface area contributed by atoms with Gasteiger partial charge in [-0.2, -0.15) is 0 Å². The summed E-state index contributed by atoms with van der Waals surface area (Å²) in [5.41, 5.74) is 6.17. The van der Waals surface area contributed by atoms with E-state index in [-0.39, 0.29) is 18.2 Å². The number of aromatic hydroxyl groups is 1. The molecule has 0 spiro atoms. The van der Waals surface area contributed by atoms with Crippen LogP contribution in [0.5, 0.6) is 5.75 Å². The maximum Gasteiger partial charge on any atom is 0.236 e. The van der Waals surface area contributed by atoms with E-state index in [0.717, 1.165) is 43.8 Å². The van der Waals surface area contributed by atoms with Crippen LogP contribution in [0.3, 0.4) is 0 Å². The first-order valence-electron chi connectivity index (χ1n) is 8.39. The van der Waals surface area contributed by atoms with E-state index < -0.39 is 0 Å². The van der Waals surface area contributed by atoms with Gasteiger partial charge >= 0.3 is 0 Å². The van der Waals surface area contributed by atoms with Crippen molar-refractivity contribution in [1.29, 1.82) is 0 Å². The van der Waals surface area contributed by atoms with Crippen molar-refractivity contribution in [3.63, 3.8) is 0 Å². The molecule has 24 heavy (non-hydrogen) atoms. The van der Waals surface area contributed by atoms with E-state index in [2.05, 4.69) is 20.8 Å². The van der Waals surface area contributed by atoms with Crippen LogP contribution < -0.4 is 5.73 Å². The number of amides is 1. The molecule has 0 aromatic heterocycles. The molecule has 1 aliphatic heterocycles. The summed E-state index contributed by atoms with van der Waals surface area (Å²) in [6.07, 6.45) is 2.56. The van der Waals surface area contributed by atoms with Crippen LogP contribution in [0.4, 0.5) is 0 Å². The molecule has 0 atom stereocenters. The SMILES string of the molecule is CC(C)C.NCC(=O)N1CCC(Cc2cc(Cl)c(Cl)cc2O)CC1. The van der Waals surface area contributed by atoms with Gasteiger partial charge in [0.15, 0.2) is 0 Å². The van der Waals surface area contributed by atoms with Gasteiger partial charge in [0.25, 0.3) is 0 Å². The minimum atomic E-state index is 0.000773. The number of phenolic OH excluding ortho intramolecular Hbond substituents is 1. The van der Waals surface area contributed by atoms with Gasteiger partial charge in [0, 0.05) is 19.2 Å². The zero-order chi connectivity index (χ0) is 18.3. The van der Waals surface area contributed by atoms with Crippen molar-refractivity contribution in [1.82, 2.24) is 4.90 Å². The molecule has 3 N–H and O–H groups in total. The number of hydrogen-bond donors (Lipinski definition) is 2. The zero-order valence-electron chi connectivity index (χ0n) is 14.7. The van der Waals surface area contributed by atoms with Crippen molar-refractivity contribution < 1.29 is 9.90 Å². The Morgan fingerprint density at radius 1 is 1.25 bits per heavy atom. The summed E-state index contributed by atoms with van der Waals surface area (Å²) in [6, 6.07) is 3.20. The van der Waals surface area contributed by atoms with Crippen LogP contribution in [-0.2, 0) is 11.2 Å². The number of benzene rings is 1. The Morgan fingerprint density at radius 2 is 1.75 bits per heavy atom. The number of piperidine rings is 1. The molecular weight excluding hydrogens is 347 g/mol. The third-order valence-corrected chi connectivity index (χ3v) is 4.49. The highest BCUT2D eigenvalue weighted by Gasteiger charge is 2.23. The van der Waals surface area contributed by atoms with Crippen LogP contribution in [0.15, 0.2) is 12.1 Å². The molecule has 0 radical (unpaired) electrons. The topological polar surface area (TPSA) is 66.6 Å². The van der Waals surface area contributed by atoms with Gasteiger partial charge in [0.2, 0.25) is 5.91 Å². The molecule has 1 heterocycles. The van der Waals surface area contributed by atoms with Gasteiger partial charge in [0.1, 0.15) is 5.75 Å². The van der Waals surface area contributed by atoms with Gasteiger partial charge in [-0.3, -0.25) is 4.79 Å². The summed E-state index contributed by atoms with van der Waals surface area (Å²) in [5, 5.41) is 10.7. The van der Waals surface area contributed by atoms with E-state index in [1.165, 1.54) is 6.07 Å². The number of halogens is 2. The number of phenols is 1. The predicted octanol–water partition coefficient (Wildman–Crippen LogP) is 4.10. The van der Waals surface area contributed by atoms with E-state index in [4.69, 9.17) is 28.9 Å². The molecule has 1 aromatic carbocycles. The molecule has 1 aromatic rings. The van der Waals surface area contributed by atoms with Crippen molar-refractivity contribution in [2.75, 3.05) is 19.6 Å². The van der Waals surface area contributed by atoms with Crippen LogP contribution in [0.25, 0.3) is 0 Å². The molecular formula is C18H28Cl2N2O2. The molecule has 136 valence electrons. The minimum absolute atomic E-state index is 0.000773. The molecule has 1 fully saturated rings. The van der Waals surface area contributed by atoms with E-state index in [1.54, 1.807) is 11.0 Å². The molecule has 1 saturated heterocycles. The zero-order valence-corrected chi connectivity index (χ0v) is 16.2. The Morgan fingerprint density at radius 3 is 2.25 bits per heavy atom. The molecule has 0 saturated carbocycles. The average molecular weight is 375 g/mol. The summed E-state index contributed by atoms with van der Waals surface area (Å²) >= 11 is 11.8. The number of rotatable bonds is 3.